The van der Waals surface area contributed by atoms with Gasteiger partial charge in [0.1, 0.15) is 11.2 Å². The number of aromatic nitrogens is 2. The Bertz CT molecular complexity index is 1140. The van der Waals surface area contributed by atoms with E-state index in [1.165, 1.54) is 15.6 Å². The van der Waals surface area contributed by atoms with Gasteiger partial charge >= 0.3 is 0 Å². The number of carbonyl (C=O) groups is 3. The van der Waals surface area contributed by atoms with Gasteiger partial charge < -0.3 is 15.5 Å². The third kappa shape index (κ3) is 4.12. The molecule has 2 N–H and O–H groups in total. The fraction of sp³-hybridized carbons (Fsp3) is 0.250. The quantitative estimate of drug-likeness (QED) is 0.624. The topological polar surface area (TPSA) is 96.3 Å². The molecule has 164 valence electrons. The summed E-state index contributed by atoms with van der Waals surface area (Å²) in [6.07, 6.45) is 0. The lowest BCUT2D eigenvalue weighted by Crippen LogP contribution is -2.62. The van der Waals surface area contributed by atoms with Gasteiger partial charge in [-0.25, -0.2) is 0 Å². The first-order valence-electron chi connectivity index (χ1n) is 10.4. The number of amides is 3. The molecule has 1 aliphatic heterocycles. The summed E-state index contributed by atoms with van der Waals surface area (Å²) in [4.78, 5) is 40.0. The van der Waals surface area contributed by atoms with Gasteiger partial charge in [-0.15, -0.1) is 0 Å². The van der Waals surface area contributed by atoms with E-state index in [4.69, 9.17) is 0 Å². The SMILES string of the molecule is CN1C(=O)c2cc(C(=O)NCc3ccccc3)nn2C[C@@]1(C)C(=O)NCc1ccccc1. The molecule has 0 unspecified atom stereocenters. The summed E-state index contributed by atoms with van der Waals surface area (Å²) in [6.45, 7) is 2.56. The largest absolute Gasteiger partial charge is 0.350 e. The molecule has 1 aliphatic rings. The standard InChI is InChI=1S/C24H25N5O3/c1-24(23(32)26-15-18-11-7-4-8-12-18)16-29-20(22(31)28(24)2)13-19(27-29)21(30)25-14-17-9-5-3-6-10-17/h3-13H,14-16H2,1-2H3,(H,25,30)(H,26,32)/t24-/m0/s1. The zero-order chi connectivity index (χ0) is 22.7. The Morgan fingerprint density at radius 2 is 1.53 bits per heavy atom. The number of likely N-dealkylation sites (N-methyl/N-ethyl adjacent to an activating group) is 1. The molecule has 2 aromatic carbocycles. The maximum atomic E-state index is 13.0. The third-order valence-electron chi connectivity index (χ3n) is 5.82. The lowest BCUT2D eigenvalue weighted by molar-refractivity contribution is -0.132. The summed E-state index contributed by atoms with van der Waals surface area (Å²) in [5, 5.41) is 10.0. The van der Waals surface area contributed by atoms with Crippen molar-refractivity contribution in [2.24, 2.45) is 0 Å². The monoisotopic (exact) mass is 431 g/mol. The van der Waals surface area contributed by atoms with Crippen LogP contribution in [0.15, 0.2) is 66.7 Å². The van der Waals surface area contributed by atoms with Crippen LogP contribution in [0.3, 0.4) is 0 Å². The average Bonchev–Trinajstić information content (AvgIpc) is 3.24. The number of hydrogen-bond donors (Lipinski definition) is 2. The number of carbonyl (C=O) groups excluding carboxylic acids is 3. The summed E-state index contributed by atoms with van der Waals surface area (Å²) in [7, 11) is 1.59. The summed E-state index contributed by atoms with van der Waals surface area (Å²) in [5.74, 6) is -1.02. The third-order valence-corrected chi connectivity index (χ3v) is 5.82. The highest BCUT2D eigenvalue weighted by atomic mass is 16.2. The molecule has 8 nitrogen and oxygen atoms in total. The lowest BCUT2D eigenvalue weighted by Gasteiger charge is -2.40. The van der Waals surface area contributed by atoms with Crippen molar-refractivity contribution in [1.29, 1.82) is 0 Å². The van der Waals surface area contributed by atoms with E-state index >= 15 is 0 Å². The maximum Gasteiger partial charge on any atom is 0.272 e. The molecule has 0 saturated carbocycles. The highest BCUT2D eigenvalue weighted by Crippen LogP contribution is 2.26. The predicted octanol–water partition coefficient (Wildman–Crippen LogP) is 1.97. The van der Waals surface area contributed by atoms with Gasteiger partial charge in [0.25, 0.3) is 11.8 Å². The van der Waals surface area contributed by atoms with Gasteiger partial charge in [0.2, 0.25) is 5.91 Å². The zero-order valence-corrected chi connectivity index (χ0v) is 18.0. The van der Waals surface area contributed by atoms with Crippen molar-refractivity contribution in [2.45, 2.75) is 32.1 Å². The summed E-state index contributed by atoms with van der Waals surface area (Å²) >= 11 is 0. The van der Waals surface area contributed by atoms with Crippen LogP contribution >= 0.6 is 0 Å². The van der Waals surface area contributed by atoms with Crippen LogP contribution in [0.25, 0.3) is 0 Å². The molecule has 8 heteroatoms. The van der Waals surface area contributed by atoms with Gasteiger partial charge in [0.15, 0.2) is 5.69 Å². The van der Waals surface area contributed by atoms with Crippen LogP contribution in [0.5, 0.6) is 0 Å². The first-order valence-corrected chi connectivity index (χ1v) is 10.4. The van der Waals surface area contributed by atoms with E-state index in [0.29, 0.717) is 13.1 Å². The number of benzene rings is 2. The minimum atomic E-state index is -1.14. The Hall–Kier alpha value is -3.94. The van der Waals surface area contributed by atoms with E-state index in [0.717, 1.165) is 11.1 Å². The number of rotatable bonds is 6. The Balaban J connectivity index is 1.48. The van der Waals surface area contributed by atoms with Crippen LogP contribution in [0.4, 0.5) is 0 Å². The lowest BCUT2D eigenvalue weighted by atomic mass is 9.96. The van der Waals surface area contributed by atoms with Gasteiger partial charge in [-0.1, -0.05) is 60.7 Å². The Morgan fingerprint density at radius 3 is 2.12 bits per heavy atom. The van der Waals surface area contributed by atoms with Gasteiger partial charge in [-0.2, -0.15) is 5.10 Å². The van der Waals surface area contributed by atoms with Crippen molar-refractivity contribution in [3.8, 4) is 0 Å². The molecule has 0 aliphatic carbocycles. The number of hydrogen-bond acceptors (Lipinski definition) is 4. The second-order valence-electron chi connectivity index (χ2n) is 8.05. The molecule has 0 fully saturated rings. The van der Waals surface area contributed by atoms with Crippen molar-refractivity contribution in [2.75, 3.05) is 7.05 Å². The van der Waals surface area contributed by atoms with Crippen LogP contribution in [-0.4, -0.2) is 45.0 Å². The molecule has 0 bridgehead atoms. The fourth-order valence-electron chi connectivity index (χ4n) is 3.68. The Labute approximate surface area is 186 Å². The van der Waals surface area contributed by atoms with Crippen molar-refractivity contribution in [3.63, 3.8) is 0 Å². The number of nitrogens with one attached hydrogen (secondary N) is 2. The van der Waals surface area contributed by atoms with E-state index in [1.54, 1.807) is 14.0 Å². The molecular formula is C24H25N5O3. The van der Waals surface area contributed by atoms with Gasteiger partial charge in [0.05, 0.1) is 6.54 Å². The second-order valence-corrected chi connectivity index (χ2v) is 8.05. The molecular weight excluding hydrogens is 406 g/mol. The minimum absolute atomic E-state index is 0.145. The first-order chi connectivity index (χ1) is 15.4. The van der Waals surface area contributed by atoms with Crippen molar-refractivity contribution in [3.05, 3.63) is 89.2 Å². The smallest absolute Gasteiger partial charge is 0.272 e. The predicted molar refractivity (Wildman–Crippen MR) is 119 cm³/mol. The summed E-state index contributed by atoms with van der Waals surface area (Å²) < 4.78 is 1.45. The molecule has 1 aromatic heterocycles. The molecule has 32 heavy (non-hydrogen) atoms. The number of nitrogens with zero attached hydrogens (tertiary/aromatic N) is 3. The average molecular weight is 431 g/mol. The molecule has 0 spiro atoms. The van der Waals surface area contributed by atoms with E-state index in [9.17, 15) is 14.4 Å². The summed E-state index contributed by atoms with van der Waals surface area (Å²) in [5.41, 5.74) is 1.22. The molecule has 3 amide bonds. The Morgan fingerprint density at radius 1 is 0.969 bits per heavy atom. The molecule has 0 radical (unpaired) electrons. The first kappa shape index (κ1) is 21.3. The van der Waals surface area contributed by atoms with Crippen LogP contribution in [0, 0.1) is 0 Å². The Kier molecular flexibility index (Phi) is 5.77. The van der Waals surface area contributed by atoms with Gasteiger partial charge in [0, 0.05) is 26.2 Å². The highest BCUT2D eigenvalue weighted by Gasteiger charge is 2.46. The van der Waals surface area contributed by atoms with Crippen LogP contribution in [0.1, 0.15) is 39.0 Å². The zero-order valence-electron chi connectivity index (χ0n) is 18.0. The number of fused-ring (bicyclic) bond motifs is 1. The minimum Gasteiger partial charge on any atom is -0.350 e. The van der Waals surface area contributed by atoms with Gasteiger partial charge in [-0.3, -0.25) is 19.1 Å². The highest BCUT2D eigenvalue weighted by molar-refractivity contribution is 6.01. The molecule has 2 heterocycles. The normalized spacial score (nSPS) is 17.6. The van der Waals surface area contributed by atoms with E-state index in [2.05, 4.69) is 15.7 Å². The molecule has 4 rings (SSSR count). The van der Waals surface area contributed by atoms with Crippen LogP contribution in [-0.2, 0) is 24.4 Å². The van der Waals surface area contributed by atoms with Crippen LogP contribution < -0.4 is 10.6 Å². The summed E-state index contributed by atoms with van der Waals surface area (Å²) in [6, 6.07) is 20.6. The molecule has 3 aromatic rings. The van der Waals surface area contributed by atoms with Crippen LogP contribution in [0.2, 0.25) is 0 Å². The molecule has 1 atom stereocenters. The van der Waals surface area contributed by atoms with Gasteiger partial charge in [-0.05, 0) is 18.1 Å². The maximum absolute atomic E-state index is 13.0. The molecule has 0 saturated heterocycles. The van der Waals surface area contributed by atoms with E-state index in [1.807, 2.05) is 60.7 Å². The van der Waals surface area contributed by atoms with Crippen molar-refractivity contribution in [1.82, 2.24) is 25.3 Å². The van der Waals surface area contributed by atoms with E-state index in [-0.39, 0.29) is 35.7 Å². The van der Waals surface area contributed by atoms with Crippen molar-refractivity contribution >= 4 is 17.7 Å². The van der Waals surface area contributed by atoms with E-state index < -0.39 is 5.54 Å². The van der Waals surface area contributed by atoms with Crippen molar-refractivity contribution < 1.29 is 14.4 Å². The second kappa shape index (κ2) is 8.66. The fourth-order valence-corrected chi connectivity index (χ4v) is 3.68.